The van der Waals surface area contributed by atoms with E-state index < -0.39 is 11.9 Å². The van der Waals surface area contributed by atoms with E-state index in [1.54, 1.807) is 31.2 Å². The van der Waals surface area contributed by atoms with Gasteiger partial charge in [-0.15, -0.1) is 10.2 Å². The van der Waals surface area contributed by atoms with Crippen LogP contribution in [0.15, 0.2) is 29.4 Å². The summed E-state index contributed by atoms with van der Waals surface area (Å²) in [5.74, 6) is 4.54. The van der Waals surface area contributed by atoms with Crippen molar-refractivity contribution in [3.05, 3.63) is 40.7 Å². The Balaban J connectivity index is 2.37. The van der Waals surface area contributed by atoms with Crippen LogP contribution in [-0.2, 0) is 9.53 Å². The quantitative estimate of drug-likeness (QED) is 0.359. The molecule has 0 amide bonds. The molecule has 0 unspecified atom stereocenters. The zero-order chi connectivity index (χ0) is 17.7. The van der Waals surface area contributed by atoms with E-state index in [1.165, 1.54) is 7.11 Å². The number of nitrogen functional groups attached to an aromatic ring is 1. The third kappa shape index (κ3) is 3.61. The average molecular weight is 348 g/mol. The van der Waals surface area contributed by atoms with Gasteiger partial charge < -0.3 is 10.6 Å². The van der Waals surface area contributed by atoms with E-state index in [-0.39, 0.29) is 11.7 Å². The van der Waals surface area contributed by atoms with Gasteiger partial charge in [0.25, 0.3) is 5.95 Å². The lowest BCUT2D eigenvalue weighted by Gasteiger charge is -2.11. The third-order valence-electron chi connectivity index (χ3n) is 3.14. The Kier molecular flexibility index (Phi) is 5.34. The van der Waals surface area contributed by atoms with Gasteiger partial charge in [0.15, 0.2) is 11.5 Å². The van der Waals surface area contributed by atoms with Crippen LogP contribution >= 0.6 is 11.6 Å². The fraction of sp³-hybridized carbons (Fsp3) is 0.214. The molecule has 1 heterocycles. The van der Waals surface area contributed by atoms with Crippen LogP contribution in [0, 0.1) is 18.3 Å². The summed E-state index contributed by atoms with van der Waals surface area (Å²) < 4.78 is 5.86. The first kappa shape index (κ1) is 17.2. The van der Waals surface area contributed by atoms with E-state index >= 15 is 0 Å². The second-order valence-corrected chi connectivity index (χ2v) is 5.09. The van der Waals surface area contributed by atoms with Crippen molar-refractivity contribution >= 4 is 29.2 Å². The molecule has 1 atom stereocenters. The molecule has 0 saturated carbocycles. The highest BCUT2D eigenvalue weighted by Crippen LogP contribution is 2.20. The number of carbonyl (C=O) groups is 1. The lowest BCUT2D eigenvalue weighted by atomic mass is 9.95. The Bertz CT molecular complexity index is 808. The normalized spacial score (nSPS) is 12.3. The lowest BCUT2D eigenvalue weighted by molar-refractivity contribution is -0.132. The number of nitriles is 1. The van der Waals surface area contributed by atoms with E-state index in [4.69, 9.17) is 22.2 Å². The standard InChI is InChI=1S/C14H14ClN7O2/c1-8-18-20-14(22(8)17)21-19-12(13(23)24-2)11(7-16)9-3-5-10(15)6-4-9/h3-6,11H,17H2,1-2H3,(H,20,21)/b19-12-/t11-/m1/s1. The van der Waals surface area contributed by atoms with Gasteiger partial charge in [-0.2, -0.15) is 10.4 Å². The summed E-state index contributed by atoms with van der Waals surface area (Å²) in [6.07, 6.45) is 0. The number of ether oxygens (including phenoxy) is 1. The van der Waals surface area contributed by atoms with Crippen molar-refractivity contribution in [2.45, 2.75) is 12.8 Å². The Morgan fingerprint density at radius 1 is 1.46 bits per heavy atom. The van der Waals surface area contributed by atoms with Crippen LogP contribution in [0.4, 0.5) is 5.95 Å². The number of nitrogens with one attached hydrogen (secondary N) is 1. The highest BCUT2D eigenvalue weighted by molar-refractivity contribution is 6.39. The topological polar surface area (TPSA) is 131 Å². The molecule has 24 heavy (non-hydrogen) atoms. The first-order chi connectivity index (χ1) is 11.5. The Morgan fingerprint density at radius 3 is 2.62 bits per heavy atom. The zero-order valence-electron chi connectivity index (χ0n) is 12.9. The van der Waals surface area contributed by atoms with Crippen molar-refractivity contribution in [2.75, 3.05) is 18.4 Å². The summed E-state index contributed by atoms with van der Waals surface area (Å²) in [6.45, 7) is 1.65. The van der Waals surface area contributed by atoms with Crippen LogP contribution in [0.25, 0.3) is 0 Å². The van der Waals surface area contributed by atoms with Crippen LogP contribution in [0.5, 0.6) is 0 Å². The molecule has 0 aliphatic heterocycles. The number of rotatable bonds is 5. The van der Waals surface area contributed by atoms with Gasteiger partial charge in [0, 0.05) is 5.02 Å². The molecule has 0 fully saturated rings. The molecule has 3 N–H and O–H groups in total. The van der Waals surface area contributed by atoms with Gasteiger partial charge in [0.05, 0.1) is 13.2 Å². The highest BCUT2D eigenvalue weighted by Gasteiger charge is 2.26. The smallest absolute Gasteiger partial charge is 0.355 e. The maximum Gasteiger partial charge on any atom is 0.355 e. The summed E-state index contributed by atoms with van der Waals surface area (Å²) in [7, 11) is 1.20. The predicted octanol–water partition coefficient (Wildman–Crippen LogP) is 1.20. The minimum absolute atomic E-state index is 0.113. The third-order valence-corrected chi connectivity index (χ3v) is 3.40. The fourth-order valence-electron chi connectivity index (χ4n) is 1.84. The molecule has 10 heteroatoms. The number of carbonyl (C=O) groups excluding carboxylic acids is 1. The summed E-state index contributed by atoms with van der Waals surface area (Å²) in [6, 6.07) is 8.51. The van der Waals surface area contributed by atoms with Crippen LogP contribution in [0.2, 0.25) is 5.02 Å². The van der Waals surface area contributed by atoms with E-state index in [2.05, 4.69) is 20.7 Å². The van der Waals surface area contributed by atoms with Crippen molar-refractivity contribution in [3.63, 3.8) is 0 Å². The number of nitrogens with two attached hydrogens (primary N) is 1. The minimum atomic E-state index is -0.961. The second kappa shape index (κ2) is 7.43. The van der Waals surface area contributed by atoms with Crippen molar-refractivity contribution in [2.24, 2.45) is 5.10 Å². The van der Waals surface area contributed by atoms with Gasteiger partial charge in [-0.3, -0.25) is 0 Å². The molecule has 0 saturated heterocycles. The molecule has 0 spiro atoms. The molecule has 1 aromatic carbocycles. The van der Waals surface area contributed by atoms with Gasteiger partial charge in [-0.05, 0) is 24.6 Å². The summed E-state index contributed by atoms with van der Waals surface area (Å²) in [5.41, 5.74) is 2.91. The zero-order valence-corrected chi connectivity index (χ0v) is 13.7. The number of benzene rings is 1. The van der Waals surface area contributed by atoms with Gasteiger partial charge in [-0.1, -0.05) is 23.7 Å². The summed E-state index contributed by atoms with van der Waals surface area (Å²) in [4.78, 5) is 12.0. The summed E-state index contributed by atoms with van der Waals surface area (Å²) in [5, 5.41) is 21.4. The molecular weight excluding hydrogens is 334 g/mol. The number of hydrazone groups is 1. The Labute approximate surface area is 142 Å². The second-order valence-electron chi connectivity index (χ2n) is 4.65. The predicted molar refractivity (Wildman–Crippen MR) is 87.8 cm³/mol. The largest absolute Gasteiger partial charge is 0.464 e. The monoisotopic (exact) mass is 347 g/mol. The van der Waals surface area contributed by atoms with Gasteiger partial charge in [-0.25, -0.2) is 14.9 Å². The average Bonchev–Trinajstić information content (AvgIpc) is 2.91. The van der Waals surface area contributed by atoms with Crippen molar-refractivity contribution in [1.29, 1.82) is 5.26 Å². The fourth-order valence-corrected chi connectivity index (χ4v) is 1.96. The van der Waals surface area contributed by atoms with Crippen molar-refractivity contribution < 1.29 is 9.53 Å². The minimum Gasteiger partial charge on any atom is -0.464 e. The van der Waals surface area contributed by atoms with Crippen LogP contribution < -0.4 is 11.3 Å². The summed E-state index contributed by atoms with van der Waals surface area (Å²) >= 11 is 5.84. The Morgan fingerprint density at radius 2 is 2.12 bits per heavy atom. The van der Waals surface area contributed by atoms with E-state index in [1.807, 2.05) is 6.07 Å². The lowest BCUT2D eigenvalue weighted by Crippen LogP contribution is -2.25. The number of nitrogens with zero attached hydrogens (tertiary/aromatic N) is 5. The number of aromatic nitrogens is 3. The highest BCUT2D eigenvalue weighted by atomic mass is 35.5. The van der Waals surface area contributed by atoms with Crippen LogP contribution in [0.3, 0.4) is 0 Å². The Hall–Kier alpha value is -3.12. The first-order valence-electron chi connectivity index (χ1n) is 6.72. The number of halogens is 1. The van der Waals surface area contributed by atoms with Crippen LogP contribution in [0.1, 0.15) is 17.3 Å². The number of aryl methyl sites for hydroxylation is 1. The van der Waals surface area contributed by atoms with E-state index in [9.17, 15) is 10.1 Å². The maximum absolute atomic E-state index is 12.0. The number of methoxy groups -OCH3 is 1. The first-order valence-corrected chi connectivity index (χ1v) is 7.09. The number of hydrogen-bond donors (Lipinski definition) is 2. The van der Waals surface area contributed by atoms with E-state index in [0.29, 0.717) is 16.4 Å². The van der Waals surface area contributed by atoms with Crippen molar-refractivity contribution in [1.82, 2.24) is 14.9 Å². The molecule has 2 rings (SSSR count). The van der Waals surface area contributed by atoms with Gasteiger partial charge in [0.2, 0.25) is 0 Å². The number of hydrogen-bond acceptors (Lipinski definition) is 8. The molecule has 124 valence electrons. The molecule has 9 nitrogen and oxygen atoms in total. The van der Waals surface area contributed by atoms with Gasteiger partial charge >= 0.3 is 5.97 Å². The number of esters is 1. The maximum atomic E-state index is 12.0. The molecule has 0 radical (unpaired) electrons. The molecule has 0 bridgehead atoms. The molecule has 0 aliphatic carbocycles. The molecule has 2 aromatic rings. The molecule has 0 aliphatic rings. The molecular formula is C14H14ClN7O2. The van der Waals surface area contributed by atoms with Gasteiger partial charge in [0.1, 0.15) is 5.92 Å². The van der Waals surface area contributed by atoms with Crippen LogP contribution in [-0.4, -0.2) is 33.7 Å². The van der Waals surface area contributed by atoms with E-state index in [0.717, 1.165) is 4.68 Å². The SMILES string of the molecule is COC(=O)/C(=N\Nc1nnc(C)n1N)[C@H](C#N)c1ccc(Cl)cc1. The van der Waals surface area contributed by atoms with Crippen molar-refractivity contribution in [3.8, 4) is 6.07 Å². The number of anilines is 1. The molecule has 1 aromatic heterocycles.